The van der Waals surface area contributed by atoms with E-state index in [-0.39, 0.29) is 56.2 Å². The Kier molecular flexibility index (Phi) is 7.98. The summed E-state index contributed by atoms with van der Waals surface area (Å²) in [6.07, 6.45) is 7.97. The Morgan fingerprint density at radius 1 is 1.07 bits per heavy atom. The number of pyridine rings is 1. The van der Waals surface area contributed by atoms with E-state index in [0.29, 0.717) is 56.8 Å². The Bertz CT molecular complexity index is 1850. The Balaban J connectivity index is 1.34. The number of terminal acetylenes is 1. The number of hydrogen-bond acceptors (Lipinski definition) is 9. The number of phenolic OH excluding ortho intramolecular Hbond substituents is 1. The number of likely N-dealkylation sites (tertiary alicyclic amines) is 1. The van der Waals surface area contributed by atoms with Crippen LogP contribution in [0.3, 0.4) is 0 Å². The van der Waals surface area contributed by atoms with Crippen molar-refractivity contribution in [2.24, 2.45) is 5.41 Å². The molecule has 0 amide bonds. The van der Waals surface area contributed by atoms with Crippen LogP contribution in [-0.2, 0) is 0 Å². The van der Waals surface area contributed by atoms with Gasteiger partial charge in [-0.1, -0.05) is 12.0 Å². The van der Waals surface area contributed by atoms with Gasteiger partial charge in [-0.2, -0.15) is 9.97 Å². The number of rotatable bonds is 8. The number of alkyl halides is 1. The van der Waals surface area contributed by atoms with Gasteiger partial charge in [0.05, 0.1) is 19.3 Å². The van der Waals surface area contributed by atoms with E-state index in [1.807, 2.05) is 4.90 Å². The number of nitrogens with zero attached hydrogens (tertiary/aromatic N) is 5. The van der Waals surface area contributed by atoms with E-state index in [2.05, 4.69) is 26.1 Å². The standard InChI is InChI=1S/C34H35F3N6O3/c1-3-23-25(36)5-4-20-16-22(44)17-24(26(20)23)29-28(37)30-27(32(39-29)45-2)31(43-14-10-38-11-15-43)41-33(40-30)46-19-34(8-9-34)18-42-12-6-21(35)7-13-42/h1,4-5,16-17,21,38,44H,6-15,18-19H2,2H3. The fourth-order valence-corrected chi connectivity index (χ4v) is 6.63. The molecule has 3 fully saturated rings. The van der Waals surface area contributed by atoms with Crippen molar-refractivity contribution in [2.45, 2.75) is 31.9 Å². The molecule has 2 aromatic heterocycles. The van der Waals surface area contributed by atoms with Gasteiger partial charge in [0.1, 0.15) is 40.2 Å². The van der Waals surface area contributed by atoms with Gasteiger partial charge in [-0.3, -0.25) is 0 Å². The van der Waals surface area contributed by atoms with Crippen LogP contribution in [0.4, 0.5) is 19.0 Å². The maximum Gasteiger partial charge on any atom is 0.319 e. The van der Waals surface area contributed by atoms with Crippen LogP contribution in [-0.4, -0.2) is 90.7 Å². The molecule has 0 spiro atoms. The van der Waals surface area contributed by atoms with Crippen LogP contribution in [0.1, 0.15) is 31.2 Å². The number of methoxy groups -OCH3 is 1. The molecule has 4 heterocycles. The predicted molar refractivity (Wildman–Crippen MR) is 169 cm³/mol. The smallest absolute Gasteiger partial charge is 0.319 e. The lowest BCUT2D eigenvalue weighted by atomic mass is 9.95. The molecule has 3 aliphatic rings. The lowest BCUT2D eigenvalue weighted by molar-refractivity contribution is 0.107. The number of anilines is 1. The molecule has 0 radical (unpaired) electrons. The van der Waals surface area contributed by atoms with Gasteiger partial charge in [0.2, 0.25) is 5.88 Å². The summed E-state index contributed by atoms with van der Waals surface area (Å²) in [5, 5.41) is 14.8. The number of fused-ring (bicyclic) bond motifs is 2. The number of ether oxygens (including phenoxy) is 2. The highest BCUT2D eigenvalue weighted by molar-refractivity contribution is 6.04. The summed E-state index contributed by atoms with van der Waals surface area (Å²) < 4.78 is 57.4. The van der Waals surface area contributed by atoms with E-state index < -0.39 is 17.8 Å². The molecule has 2 aliphatic heterocycles. The van der Waals surface area contributed by atoms with Crippen molar-refractivity contribution in [3.8, 4) is 41.2 Å². The Morgan fingerprint density at radius 3 is 2.52 bits per heavy atom. The Labute approximate surface area is 264 Å². The zero-order valence-electron chi connectivity index (χ0n) is 25.6. The molecule has 1 saturated carbocycles. The summed E-state index contributed by atoms with van der Waals surface area (Å²) in [5.41, 5.74) is -0.360. The molecule has 0 bridgehead atoms. The second kappa shape index (κ2) is 12.1. The lowest BCUT2D eigenvalue weighted by Crippen LogP contribution is -2.44. The van der Waals surface area contributed by atoms with Crippen molar-refractivity contribution in [1.29, 1.82) is 0 Å². The quantitative estimate of drug-likeness (QED) is 0.265. The topological polar surface area (TPSA) is 95.9 Å². The van der Waals surface area contributed by atoms with E-state index in [9.17, 15) is 13.9 Å². The van der Waals surface area contributed by atoms with Crippen LogP contribution in [0.25, 0.3) is 32.9 Å². The fourth-order valence-electron chi connectivity index (χ4n) is 6.63. The van der Waals surface area contributed by atoms with Gasteiger partial charge in [-0.15, -0.1) is 6.42 Å². The molecular weight excluding hydrogens is 597 g/mol. The number of halogens is 3. The largest absolute Gasteiger partial charge is 0.508 e. The molecule has 9 nitrogen and oxygen atoms in total. The molecule has 240 valence electrons. The van der Waals surface area contributed by atoms with Crippen LogP contribution in [0.5, 0.6) is 17.6 Å². The summed E-state index contributed by atoms with van der Waals surface area (Å²) in [4.78, 5) is 18.2. The second-order valence-electron chi connectivity index (χ2n) is 12.5. The van der Waals surface area contributed by atoms with Crippen molar-refractivity contribution >= 4 is 27.5 Å². The molecule has 4 aromatic rings. The zero-order chi connectivity index (χ0) is 32.0. The molecule has 46 heavy (non-hydrogen) atoms. The number of piperidine rings is 1. The summed E-state index contributed by atoms with van der Waals surface area (Å²) in [6, 6.07) is 5.42. The maximum atomic E-state index is 16.9. The number of phenols is 1. The minimum atomic E-state index is -0.811. The normalized spacial score (nSPS) is 18.5. The van der Waals surface area contributed by atoms with E-state index in [1.54, 1.807) is 0 Å². The van der Waals surface area contributed by atoms with Crippen molar-refractivity contribution in [2.75, 3.05) is 64.4 Å². The van der Waals surface area contributed by atoms with Crippen LogP contribution < -0.4 is 19.7 Å². The van der Waals surface area contributed by atoms with Gasteiger partial charge in [0.25, 0.3) is 0 Å². The van der Waals surface area contributed by atoms with Gasteiger partial charge in [-0.05, 0) is 49.3 Å². The molecule has 7 rings (SSSR count). The van der Waals surface area contributed by atoms with Gasteiger partial charge in [0, 0.05) is 62.2 Å². The summed E-state index contributed by atoms with van der Waals surface area (Å²) in [7, 11) is 1.42. The maximum absolute atomic E-state index is 16.9. The van der Waals surface area contributed by atoms with Crippen LogP contribution in [0.2, 0.25) is 0 Å². The molecule has 0 unspecified atom stereocenters. The summed E-state index contributed by atoms with van der Waals surface area (Å²) in [6.45, 7) is 5.19. The summed E-state index contributed by atoms with van der Waals surface area (Å²) in [5.74, 6) is 1.23. The van der Waals surface area contributed by atoms with Crippen LogP contribution >= 0.6 is 0 Å². The van der Waals surface area contributed by atoms with Crippen molar-refractivity contribution in [1.82, 2.24) is 25.2 Å². The molecule has 2 N–H and O–H groups in total. The molecule has 2 aromatic carbocycles. The molecule has 12 heteroatoms. The van der Waals surface area contributed by atoms with E-state index in [1.165, 1.54) is 31.4 Å². The number of nitrogens with one attached hydrogen (secondary N) is 1. The van der Waals surface area contributed by atoms with E-state index in [4.69, 9.17) is 20.9 Å². The average Bonchev–Trinajstić information content (AvgIpc) is 3.84. The van der Waals surface area contributed by atoms with E-state index in [0.717, 1.165) is 32.5 Å². The first kappa shape index (κ1) is 30.3. The zero-order valence-corrected chi connectivity index (χ0v) is 25.6. The molecule has 0 atom stereocenters. The van der Waals surface area contributed by atoms with Crippen LogP contribution in [0.15, 0.2) is 24.3 Å². The third-order valence-corrected chi connectivity index (χ3v) is 9.31. The van der Waals surface area contributed by atoms with E-state index >= 15 is 4.39 Å². The Morgan fingerprint density at radius 2 is 1.83 bits per heavy atom. The highest BCUT2D eigenvalue weighted by atomic mass is 19.1. The van der Waals surface area contributed by atoms with Crippen molar-refractivity contribution in [3.05, 3.63) is 41.5 Å². The van der Waals surface area contributed by atoms with Gasteiger partial charge in [-0.25, -0.2) is 18.2 Å². The second-order valence-corrected chi connectivity index (χ2v) is 12.5. The number of benzene rings is 2. The lowest BCUT2D eigenvalue weighted by Gasteiger charge is -2.32. The third kappa shape index (κ3) is 5.62. The highest BCUT2D eigenvalue weighted by Gasteiger charge is 2.45. The van der Waals surface area contributed by atoms with Crippen molar-refractivity contribution in [3.63, 3.8) is 0 Å². The number of aromatic hydroxyl groups is 1. The predicted octanol–water partition coefficient (Wildman–Crippen LogP) is 4.82. The van der Waals surface area contributed by atoms with Gasteiger partial charge < -0.3 is 29.7 Å². The highest BCUT2D eigenvalue weighted by Crippen LogP contribution is 2.47. The van der Waals surface area contributed by atoms with Crippen molar-refractivity contribution < 1.29 is 27.8 Å². The first-order valence-corrected chi connectivity index (χ1v) is 15.6. The van der Waals surface area contributed by atoms with Gasteiger partial charge in [0.15, 0.2) is 5.82 Å². The fraction of sp³-hybridized carbons (Fsp3) is 0.441. The van der Waals surface area contributed by atoms with Gasteiger partial charge >= 0.3 is 6.01 Å². The first-order chi connectivity index (χ1) is 22.3. The molecule has 1 aliphatic carbocycles. The minimum absolute atomic E-state index is 0.0176. The number of hydrogen-bond donors (Lipinski definition) is 2. The van der Waals surface area contributed by atoms with Crippen LogP contribution in [0, 0.1) is 29.4 Å². The molecular formula is C34H35F3N6O3. The molecule has 2 saturated heterocycles. The Hall–Kier alpha value is -4.34. The number of aromatic nitrogens is 3. The average molecular weight is 633 g/mol. The monoisotopic (exact) mass is 632 g/mol. The third-order valence-electron chi connectivity index (χ3n) is 9.31. The first-order valence-electron chi connectivity index (χ1n) is 15.6. The SMILES string of the molecule is C#Cc1c(F)ccc2cc(O)cc(-c3nc(OC)c4c(N5CCNCC5)nc(OCC5(CN6CCC(F)CC6)CC5)nc4c3F)c12. The summed E-state index contributed by atoms with van der Waals surface area (Å²) >= 11 is 0. The minimum Gasteiger partial charge on any atom is -0.508 e. The number of piperazine rings is 1.